The molecule has 1 amide bonds. The molecular weight excluding hydrogens is 284 g/mol. The molecule has 1 aromatic carbocycles. The van der Waals surface area contributed by atoms with Gasteiger partial charge in [-0.3, -0.25) is 9.59 Å². The van der Waals surface area contributed by atoms with E-state index in [1.54, 1.807) is 6.20 Å². The highest BCUT2D eigenvalue weighted by Crippen LogP contribution is 2.17. The van der Waals surface area contributed by atoms with Crippen LogP contribution in [0.25, 0.3) is 0 Å². The summed E-state index contributed by atoms with van der Waals surface area (Å²) in [5.41, 5.74) is 2.91. The van der Waals surface area contributed by atoms with Crippen molar-refractivity contribution in [2.24, 2.45) is 0 Å². The molecule has 1 aromatic heterocycles. The van der Waals surface area contributed by atoms with E-state index in [0.717, 1.165) is 16.0 Å². The molecule has 0 aliphatic carbocycles. The van der Waals surface area contributed by atoms with Crippen LogP contribution in [0.4, 0.5) is 5.13 Å². The average molecular weight is 302 g/mol. The van der Waals surface area contributed by atoms with Crippen LogP contribution in [0.1, 0.15) is 39.2 Å². The number of amides is 1. The molecule has 110 valence electrons. The number of aryl methyl sites for hydroxylation is 3. The van der Waals surface area contributed by atoms with Crippen LogP contribution in [0, 0.1) is 20.8 Å². The molecule has 2 aromatic rings. The lowest BCUT2D eigenvalue weighted by Crippen LogP contribution is -2.13. The van der Waals surface area contributed by atoms with Crippen LogP contribution in [-0.4, -0.2) is 16.7 Å². The van der Waals surface area contributed by atoms with E-state index in [0.29, 0.717) is 10.7 Å². The number of hydrogen-bond acceptors (Lipinski definition) is 4. The van der Waals surface area contributed by atoms with Crippen LogP contribution in [0.5, 0.6) is 0 Å². The van der Waals surface area contributed by atoms with Crippen molar-refractivity contribution in [1.29, 1.82) is 0 Å². The molecule has 0 aliphatic rings. The van der Waals surface area contributed by atoms with Gasteiger partial charge in [-0.15, -0.1) is 11.3 Å². The van der Waals surface area contributed by atoms with Gasteiger partial charge in [0.25, 0.3) is 0 Å². The third-order valence-electron chi connectivity index (χ3n) is 3.28. The first-order valence-electron chi connectivity index (χ1n) is 6.78. The summed E-state index contributed by atoms with van der Waals surface area (Å²) in [4.78, 5) is 29.0. The summed E-state index contributed by atoms with van der Waals surface area (Å²) >= 11 is 1.42. The topological polar surface area (TPSA) is 59.1 Å². The Labute approximate surface area is 128 Å². The molecule has 0 saturated heterocycles. The maximum atomic E-state index is 12.1. The minimum absolute atomic E-state index is 0.0106. The number of nitrogens with zero attached hydrogens (tertiary/aromatic N) is 1. The van der Waals surface area contributed by atoms with Gasteiger partial charge in [0.1, 0.15) is 0 Å². The van der Waals surface area contributed by atoms with Crippen LogP contribution < -0.4 is 5.32 Å². The Morgan fingerprint density at radius 1 is 1.14 bits per heavy atom. The summed E-state index contributed by atoms with van der Waals surface area (Å²) in [5, 5.41) is 3.29. The number of anilines is 1. The maximum absolute atomic E-state index is 12.1. The summed E-state index contributed by atoms with van der Waals surface area (Å²) in [6.07, 6.45) is 2.09. The third kappa shape index (κ3) is 4.23. The fraction of sp³-hybridized carbons (Fsp3) is 0.312. The first-order valence-corrected chi connectivity index (χ1v) is 7.60. The molecule has 2 rings (SSSR count). The van der Waals surface area contributed by atoms with Crippen molar-refractivity contribution in [3.63, 3.8) is 0 Å². The molecule has 1 heterocycles. The number of hydrogen-bond donors (Lipinski definition) is 1. The highest BCUT2D eigenvalue weighted by molar-refractivity contribution is 7.15. The largest absolute Gasteiger partial charge is 0.302 e. The minimum Gasteiger partial charge on any atom is -0.302 e. The van der Waals surface area contributed by atoms with Gasteiger partial charge in [0, 0.05) is 29.5 Å². The Hall–Kier alpha value is -2.01. The van der Waals surface area contributed by atoms with Gasteiger partial charge in [-0.05, 0) is 38.0 Å². The molecule has 0 bridgehead atoms. The minimum atomic E-state index is -0.179. The first kappa shape index (κ1) is 15.4. The van der Waals surface area contributed by atoms with E-state index in [1.165, 1.54) is 11.3 Å². The smallest absolute Gasteiger partial charge is 0.226 e. The fourth-order valence-electron chi connectivity index (χ4n) is 1.88. The molecule has 0 spiro atoms. The van der Waals surface area contributed by atoms with E-state index < -0.39 is 0 Å². The van der Waals surface area contributed by atoms with Gasteiger partial charge >= 0.3 is 0 Å². The first-order chi connectivity index (χ1) is 9.95. The third-order valence-corrected chi connectivity index (χ3v) is 4.10. The van der Waals surface area contributed by atoms with Crippen molar-refractivity contribution in [2.45, 2.75) is 33.6 Å². The number of Topliss-reactive ketones (excluding diaryl/α,β-unsaturated/α-hetero) is 1. The van der Waals surface area contributed by atoms with E-state index in [-0.39, 0.29) is 24.5 Å². The van der Waals surface area contributed by atoms with Gasteiger partial charge < -0.3 is 5.32 Å². The van der Waals surface area contributed by atoms with Crippen molar-refractivity contribution < 1.29 is 9.59 Å². The summed E-state index contributed by atoms with van der Waals surface area (Å²) in [5.74, 6) is -0.190. The Bertz CT molecular complexity index is 677. The number of aromatic nitrogens is 1. The number of nitrogens with one attached hydrogen (secondary N) is 1. The summed E-state index contributed by atoms with van der Waals surface area (Å²) in [7, 11) is 0. The van der Waals surface area contributed by atoms with Crippen molar-refractivity contribution in [1.82, 2.24) is 4.98 Å². The average Bonchev–Trinajstić information content (AvgIpc) is 2.84. The second-order valence-corrected chi connectivity index (χ2v) is 6.28. The summed E-state index contributed by atoms with van der Waals surface area (Å²) in [6, 6.07) is 5.62. The highest BCUT2D eigenvalue weighted by Gasteiger charge is 2.11. The van der Waals surface area contributed by atoms with Crippen molar-refractivity contribution in [3.8, 4) is 0 Å². The zero-order chi connectivity index (χ0) is 15.4. The number of carbonyl (C=O) groups excluding carboxylic acids is 2. The van der Waals surface area contributed by atoms with Gasteiger partial charge in [-0.1, -0.05) is 12.1 Å². The van der Waals surface area contributed by atoms with Crippen molar-refractivity contribution in [2.75, 3.05) is 5.32 Å². The van der Waals surface area contributed by atoms with Crippen LogP contribution in [0.15, 0.2) is 24.4 Å². The Morgan fingerprint density at radius 3 is 2.52 bits per heavy atom. The number of carbonyl (C=O) groups is 2. The normalized spacial score (nSPS) is 10.4. The second-order valence-electron chi connectivity index (χ2n) is 5.05. The van der Waals surface area contributed by atoms with Gasteiger partial charge in [0.2, 0.25) is 5.91 Å². The molecule has 1 N–H and O–H groups in total. The Kier molecular flexibility index (Phi) is 4.85. The van der Waals surface area contributed by atoms with E-state index >= 15 is 0 Å². The van der Waals surface area contributed by atoms with Crippen LogP contribution in [0.3, 0.4) is 0 Å². The van der Waals surface area contributed by atoms with Crippen molar-refractivity contribution in [3.05, 3.63) is 46.0 Å². The lowest BCUT2D eigenvalue weighted by Gasteiger charge is -2.05. The van der Waals surface area contributed by atoms with E-state index in [9.17, 15) is 9.59 Å². The number of benzene rings is 1. The van der Waals surface area contributed by atoms with Gasteiger partial charge in [-0.25, -0.2) is 4.98 Å². The molecule has 0 atom stereocenters. The number of thiazole rings is 1. The standard InChI is InChI=1S/C16H18N2O2S/c1-10-4-5-13(8-11(10)2)14(19)6-7-15(20)18-16-17-9-12(3)21-16/h4-5,8-9H,6-7H2,1-3H3,(H,17,18,20). The van der Waals surface area contributed by atoms with E-state index in [2.05, 4.69) is 10.3 Å². The van der Waals surface area contributed by atoms with Gasteiger partial charge in [-0.2, -0.15) is 0 Å². The zero-order valence-electron chi connectivity index (χ0n) is 12.4. The summed E-state index contributed by atoms with van der Waals surface area (Å²) < 4.78 is 0. The second kappa shape index (κ2) is 6.63. The van der Waals surface area contributed by atoms with Crippen LogP contribution in [-0.2, 0) is 4.79 Å². The van der Waals surface area contributed by atoms with Gasteiger partial charge in [0.15, 0.2) is 10.9 Å². The molecule has 5 heteroatoms. The summed E-state index contributed by atoms with van der Waals surface area (Å²) in [6.45, 7) is 5.91. The molecule has 0 saturated carbocycles. The molecule has 0 aliphatic heterocycles. The zero-order valence-corrected chi connectivity index (χ0v) is 13.2. The monoisotopic (exact) mass is 302 g/mol. The predicted octanol–water partition coefficient (Wildman–Crippen LogP) is 3.67. The van der Waals surface area contributed by atoms with Crippen molar-refractivity contribution >= 4 is 28.2 Å². The quantitative estimate of drug-likeness (QED) is 0.857. The fourth-order valence-corrected chi connectivity index (χ4v) is 2.56. The van der Waals surface area contributed by atoms with E-state index in [1.807, 2.05) is 39.0 Å². The molecular formula is C16H18N2O2S. The number of rotatable bonds is 5. The lowest BCUT2D eigenvalue weighted by atomic mass is 10.0. The molecule has 21 heavy (non-hydrogen) atoms. The highest BCUT2D eigenvalue weighted by atomic mass is 32.1. The molecule has 0 radical (unpaired) electrons. The Morgan fingerprint density at radius 2 is 1.90 bits per heavy atom. The van der Waals surface area contributed by atoms with Crippen LogP contribution >= 0.6 is 11.3 Å². The predicted molar refractivity (Wildman–Crippen MR) is 85.0 cm³/mol. The SMILES string of the molecule is Cc1cnc(NC(=O)CCC(=O)c2ccc(C)c(C)c2)s1. The molecule has 0 unspecified atom stereocenters. The lowest BCUT2D eigenvalue weighted by molar-refractivity contribution is -0.116. The molecule has 0 fully saturated rings. The van der Waals surface area contributed by atoms with Gasteiger partial charge in [0.05, 0.1) is 0 Å². The maximum Gasteiger partial charge on any atom is 0.226 e. The van der Waals surface area contributed by atoms with Crippen LogP contribution in [0.2, 0.25) is 0 Å². The van der Waals surface area contributed by atoms with E-state index in [4.69, 9.17) is 0 Å². The number of ketones is 1. The Balaban J connectivity index is 1.88. The molecule has 4 nitrogen and oxygen atoms in total.